The van der Waals surface area contributed by atoms with Crippen LogP contribution in [0.15, 0.2) is 54.6 Å². The van der Waals surface area contributed by atoms with E-state index < -0.39 is 8.07 Å². The van der Waals surface area contributed by atoms with Gasteiger partial charge in [-0.15, -0.1) is 0 Å². The average Bonchev–Trinajstić information content (AvgIpc) is 2.40. The maximum absolute atomic E-state index is 9.38. The third-order valence-corrected chi connectivity index (χ3v) is 5.70. The molecule has 0 aliphatic rings. The molecule has 0 spiro atoms. The Morgan fingerprint density at radius 1 is 0.889 bits per heavy atom. The van der Waals surface area contributed by atoms with Crippen molar-refractivity contribution in [2.24, 2.45) is 0 Å². The standard InChI is InChI=1S/C15H18O2Si/c1-18(2,12-16)15-10-8-14(9-11-15)17-13-6-4-3-5-7-13/h3-11,16H,12H2,1-2H3. The van der Waals surface area contributed by atoms with Gasteiger partial charge in [0.15, 0.2) is 0 Å². The van der Waals surface area contributed by atoms with Gasteiger partial charge in [0.2, 0.25) is 0 Å². The summed E-state index contributed by atoms with van der Waals surface area (Å²) in [6.45, 7) is 4.31. The lowest BCUT2D eigenvalue weighted by molar-refractivity contribution is 0.360. The zero-order valence-corrected chi connectivity index (χ0v) is 11.8. The molecule has 0 radical (unpaired) electrons. The fourth-order valence-corrected chi connectivity index (χ4v) is 2.94. The lowest BCUT2D eigenvalue weighted by Crippen LogP contribution is -2.45. The van der Waals surface area contributed by atoms with Gasteiger partial charge in [0.25, 0.3) is 0 Å². The molecule has 0 aromatic heterocycles. The summed E-state index contributed by atoms with van der Waals surface area (Å²) in [5.41, 5.74) is 0. The zero-order valence-electron chi connectivity index (χ0n) is 10.8. The summed E-state index contributed by atoms with van der Waals surface area (Å²) in [7, 11) is -1.67. The van der Waals surface area contributed by atoms with Crippen LogP contribution in [0.3, 0.4) is 0 Å². The molecular formula is C15H18O2Si. The maximum atomic E-state index is 9.38. The highest BCUT2D eigenvalue weighted by Crippen LogP contribution is 2.20. The minimum absolute atomic E-state index is 0.270. The van der Waals surface area contributed by atoms with Crippen LogP contribution in [0.4, 0.5) is 0 Å². The van der Waals surface area contributed by atoms with Gasteiger partial charge in [-0.05, 0) is 24.3 Å². The highest BCUT2D eigenvalue weighted by molar-refractivity contribution is 6.89. The van der Waals surface area contributed by atoms with Gasteiger partial charge in [-0.1, -0.05) is 48.6 Å². The van der Waals surface area contributed by atoms with Crippen molar-refractivity contribution < 1.29 is 9.84 Å². The highest BCUT2D eigenvalue weighted by Gasteiger charge is 2.21. The van der Waals surface area contributed by atoms with Crippen LogP contribution in [-0.2, 0) is 0 Å². The number of benzene rings is 2. The molecule has 3 heteroatoms. The molecule has 2 nitrogen and oxygen atoms in total. The van der Waals surface area contributed by atoms with Crippen molar-refractivity contribution in [3.05, 3.63) is 54.6 Å². The molecule has 0 aliphatic carbocycles. The molecule has 0 unspecified atom stereocenters. The molecular weight excluding hydrogens is 240 g/mol. The monoisotopic (exact) mass is 258 g/mol. The van der Waals surface area contributed by atoms with Gasteiger partial charge in [0.05, 0.1) is 0 Å². The van der Waals surface area contributed by atoms with E-state index in [4.69, 9.17) is 4.74 Å². The number of hydrogen-bond acceptors (Lipinski definition) is 2. The molecule has 2 rings (SSSR count). The first-order chi connectivity index (χ1) is 8.62. The number of aliphatic hydroxyl groups excluding tert-OH is 1. The van der Waals surface area contributed by atoms with E-state index in [0.717, 1.165) is 11.5 Å². The van der Waals surface area contributed by atoms with Gasteiger partial charge < -0.3 is 9.84 Å². The van der Waals surface area contributed by atoms with Gasteiger partial charge in [-0.2, -0.15) is 0 Å². The minimum atomic E-state index is -1.67. The highest BCUT2D eigenvalue weighted by atomic mass is 28.3. The van der Waals surface area contributed by atoms with Crippen molar-refractivity contribution in [2.75, 3.05) is 6.23 Å². The second-order valence-electron chi connectivity index (χ2n) is 4.98. The van der Waals surface area contributed by atoms with Crippen LogP contribution < -0.4 is 9.92 Å². The Labute approximate surface area is 109 Å². The smallest absolute Gasteiger partial charge is 0.127 e. The number of aliphatic hydroxyl groups is 1. The molecule has 0 fully saturated rings. The zero-order chi connectivity index (χ0) is 13.0. The lowest BCUT2D eigenvalue weighted by Gasteiger charge is -2.19. The second kappa shape index (κ2) is 5.37. The van der Waals surface area contributed by atoms with Crippen molar-refractivity contribution in [1.29, 1.82) is 0 Å². The molecule has 18 heavy (non-hydrogen) atoms. The van der Waals surface area contributed by atoms with E-state index in [1.807, 2.05) is 42.5 Å². The summed E-state index contributed by atoms with van der Waals surface area (Å²) in [5, 5.41) is 10.6. The van der Waals surface area contributed by atoms with E-state index in [-0.39, 0.29) is 6.23 Å². The Morgan fingerprint density at radius 2 is 1.44 bits per heavy atom. The summed E-state index contributed by atoms with van der Waals surface area (Å²) < 4.78 is 5.73. The molecule has 0 saturated heterocycles. The van der Waals surface area contributed by atoms with Crippen molar-refractivity contribution >= 4 is 13.3 Å². The molecule has 0 amide bonds. The van der Waals surface area contributed by atoms with Crippen molar-refractivity contribution in [1.82, 2.24) is 0 Å². The number of hydrogen-bond donors (Lipinski definition) is 1. The first-order valence-corrected chi connectivity index (χ1v) is 9.27. The summed E-state index contributed by atoms with van der Waals surface area (Å²) in [6, 6.07) is 17.8. The van der Waals surface area contributed by atoms with Crippen LogP contribution in [-0.4, -0.2) is 19.4 Å². The van der Waals surface area contributed by atoms with E-state index in [2.05, 4.69) is 25.2 Å². The maximum Gasteiger partial charge on any atom is 0.127 e. The van der Waals surface area contributed by atoms with E-state index in [9.17, 15) is 5.11 Å². The van der Waals surface area contributed by atoms with Crippen LogP contribution in [0.25, 0.3) is 0 Å². The molecule has 0 aliphatic heterocycles. The molecule has 0 saturated carbocycles. The van der Waals surface area contributed by atoms with Crippen molar-refractivity contribution in [3.8, 4) is 11.5 Å². The van der Waals surface area contributed by atoms with Gasteiger partial charge in [0.1, 0.15) is 19.6 Å². The quantitative estimate of drug-likeness (QED) is 0.854. The normalized spacial score (nSPS) is 11.3. The topological polar surface area (TPSA) is 29.5 Å². The summed E-state index contributed by atoms with van der Waals surface area (Å²) in [5.74, 6) is 1.66. The third kappa shape index (κ3) is 3.00. The van der Waals surface area contributed by atoms with Crippen molar-refractivity contribution in [3.63, 3.8) is 0 Å². The molecule has 0 atom stereocenters. The number of para-hydroxylation sites is 1. The van der Waals surface area contributed by atoms with E-state index in [1.165, 1.54) is 5.19 Å². The Balaban J connectivity index is 2.14. The largest absolute Gasteiger partial charge is 0.457 e. The average molecular weight is 258 g/mol. The first kappa shape index (κ1) is 12.9. The van der Waals surface area contributed by atoms with Crippen LogP contribution in [0.5, 0.6) is 11.5 Å². The van der Waals surface area contributed by atoms with Gasteiger partial charge >= 0.3 is 0 Å². The molecule has 94 valence electrons. The molecule has 2 aromatic rings. The lowest BCUT2D eigenvalue weighted by atomic mass is 10.3. The fraction of sp³-hybridized carbons (Fsp3) is 0.200. The Morgan fingerprint density at radius 3 is 2.00 bits per heavy atom. The Kier molecular flexibility index (Phi) is 3.84. The van der Waals surface area contributed by atoms with Crippen LogP contribution >= 0.6 is 0 Å². The SMILES string of the molecule is C[Si](C)(CO)c1ccc(Oc2ccccc2)cc1. The summed E-state index contributed by atoms with van der Waals surface area (Å²) >= 11 is 0. The Bertz CT molecular complexity index is 492. The van der Waals surface area contributed by atoms with Gasteiger partial charge in [0, 0.05) is 6.23 Å². The predicted molar refractivity (Wildman–Crippen MR) is 77.2 cm³/mol. The summed E-state index contributed by atoms with van der Waals surface area (Å²) in [4.78, 5) is 0. The third-order valence-electron chi connectivity index (χ3n) is 3.01. The molecule has 2 aromatic carbocycles. The van der Waals surface area contributed by atoms with Gasteiger partial charge in [-0.3, -0.25) is 0 Å². The number of ether oxygens (including phenoxy) is 1. The van der Waals surface area contributed by atoms with E-state index in [1.54, 1.807) is 0 Å². The second-order valence-corrected chi connectivity index (χ2v) is 9.64. The summed E-state index contributed by atoms with van der Waals surface area (Å²) in [6.07, 6.45) is 0.270. The van der Waals surface area contributed by atoms with Gasteiger partial charge in [-0.25, -0.2) is 0 Å². The van der Waals surface area contributed by atoms with Crippen LogP contribution in [0, 0.1) is 0 Å². The predicted octanol–water partition coefficient (Wildman–Crippen LogP) is 2.93. The molecule has 0 bridgehead atoms. The van der Waals surface area contributed by atoms with Crippen LogP contribution in [0.1, 0.15) is 0 Å². The van der Waals surface area contributed by atoms with Crippen molar-refractivity contribution in [2.45, 2.75) is 13.1 Å². The number of rotatable bonds is 4. The molecule has 1 N–H and O–H groups in total. The first-order valence-electron chi connectivity index (χ1n) is 6.06. The van der Waals surface area contributed by atoms with E-state index >= 15 is 0 Å². The van der Waals surface area contributed by atoms with E-state index in [0.29, 0.717) is 0 Å². The minimum Gasteiger partial charge on any atom is -0.457 e. The van der Waals surface area contributed by atoms with Crippen LogP contribution in [0.2, 0.25) is 13.1 Å². The molecule has 0 heterocycles. The Hall–Kier alpha value is -1.58. The fourth-order valence-electron chi connectivity index (χ4n) is 1.69.